The van der Waals surface area contributed by atoms with Crippen LogP contribution in [-0.4, -0.2) is 57.9 Å². The molecule has 0 aliphatic rings. The van der Waals surface area contributed by atoms with Crippen LogP contribution in [0.3, 0.4) is 0 Å². The number of hydrogen-bond acceptors (Lipinski definition) is 6. The number of ether oxygens (including phenoxy) is 1. The van der Waals surface area contributed by atoms with Crippen LogP contribution >= 0.6 is 0 Å². The van der Waals surface area contributed by atoms with Gasteiger partial charge in [0.2, 0.25) is 10.0 Å². The summed E-state index contributed by atoms with van der Waals surface area (Å²) >= 11 is 0. The summed E-state index contributed by atoms with van der Waals surface area (Å²) in [7, 11) is 0.359. The van der Waals surface area contributed by atoms with E-state index in [0.717, 1.165) is 4.31 Å². The van der Waals surface area contributed by atoms with E-state index in [9.17, 15) is 22.8 Å². The Morgan fingerprint density at radius 2 is 1.80 bits per heavy atom. The fraction of sp³-hybridized carbons (Fsp3) is 0.400. The van der Waals surface area contributed by atoms with Gasteiger partial charge >= 0.3 is 12.0 Å². The van der Waals surface area contributed by atoms with Gasteiger partial charge in [-0.25, -0.2) is 22.3 Å². The predicted molar refractivity (Wildman–Crippen MR) is 89.5 cm³/mol. The molecule has 0 fully saturated rings. The lowest BCUT2D eigenvalue weighted by Crippen LogP contribution is -2.43. The maximum atomic E-state index is 12.3. The van der Waals surface area contributed by atoms with Crippen molar-refractivity contribution in [3.63, 3.8) is 0 Å². The summed E-state index contributed by atoms with van der Waals surface area (Å²) in [6, 6.07) is 3.31. The zero-order chi connectivity index (χ0) is 19.4. The standard InChI is InChI=1S/C15H21N3O6S/c1-9-6-7-11(25(22,23)18(4)5)8-12(9)14(20)24-10(2)13(19)17-15(21)16-3/h6-8,10H,1-5H3,(H2,16,17,19,21)/t10-/m0/s1. The second-order valence-corrected chi connectivity index (χ2v) is 7.53. The van der Waals surface area contributed by atoms with Crippen LogP contribution in [0.5, 0.6) is 0 Å². The van der Waals surface area contributed by atoms with Gasteiger partial charge in [0.05, 0.1) is 10.5 Å². The lowest BCUT2D eigenvalue weighted by Gasteiger charge is -2.15. The molecule has 2 N–H and O–H groups in total. The number of amides is 3. The summed E-state index contributed by atoms with van der Waals surface area (Å²) in [5.74, 6) is -1.67. The van der Waals surface area contributed by atoms with E-state index in [1.165, 1.54) is 46.3 Å². The third-order valence-electron chi connectivity index (χ3n) is 3.32. The fourth-order valence-electron chi connectivity index (χ4n) is 1.75. The number of urea groups is 1. The van der Waals surface area contributed by atoms with Crippen molar-refractivity contribution in [2.75, 3.05) is 21.1 Å². The van der Waals surface area contributed by atoms with Crippen molar-refractivity contribution in [3.05, 3.63) is 29.3 Å². The Morgan fingerprint density at radius 1 is 1.20 bits per heavy atom. The molecule has 3 amide bonds. The number of aryl methyl sites for hydroxylation is 1. The molecule has 1 aromatic carbocycles. The predicted octanol–water partition coefficient (Wildman–Crippen LogP) is 0.246. The molecule has 0 saturated carbocycles. The SMILES string of the molecule is CNC(=O)NC(=O)[C@H](C)OC(=O)c1cc(S(=O)(=O)N(C)C)ccc1C. The van der Waals surface area contributed by atoms with Gasteiger partial charge in [-0.2, -0.15) is 0 Å². The summed E-state index contributed by atoms with van der Waals surface area (Å²) in [5.41, 5.74) is 0.504. The number of carbonyl (C=O) groups is 3. The number of nitrogens with one attached hydrogen (secondary N) is 2. The first-order chi connectivity index (χ1) is 11.5. The van der Waals surface area contributed by atoms with Crippen molar-refractivity contribution in [2.45, 2.75) is 24.8 Å². The third-order valence-corrected chi connectivity index (χ3v) is 5.14. The summed E-state index contributed by atoms with van der Waals surface area (Å²) in [4.78, 5) is 35.0. The molecule has 0 aromatic heterocycles. The molecule has 0 heterocycles. The van der Waals surface area contributed by atoms with E-state index >= 15 is 0 Å². The molecule has 0 spiro atoms. The maximum absolute atomic E-state index is 12.3. The molecule has 10 heteroatoms. The first kappa shape index (κ1) is 20.6. The number of nitrogens with zero attached hydrogens (tertiary/aromatic N) is 1. The van der Waals surface area contributed by atoms with E-state index < -0.39 is 34.0 Å². The average Bonchev–Trinajstić information content (AvgIpc) is 2.54. The number of esters is 1. The van der Waals surface area contributed by atoms with Crippen molar-refractivity contribution in [3.8, 4) is 0 Å². The number of carbonyl (C=O) groups excluding carboxylic acids is 3. The van der Waals surface area contributed by atoms with E-state index in [-0.39, 0.29) is 10.5 Å². The molecule has 1 rings (SSSR count). The highest BCUT2D eigenvalue weighted by atomic mass is 32.2. The van der Waals surface area contributed by atoms with Crippen LogP contribution in [0.25, 0.3) is 0 Å². The smallest absolute Gasteiger partial charge is 0.339 e. The lowest BCUT2D eigenvalue weighted by molar-refractivity contribution is -0.127. The van der Waals surface area contributed by atoms with Crippen molar-refractivity contribution in [1.82, 2.24) is 14.9 Å². The minimum atomic E-state index is -3.72. The molecule has 0 saturated heterocycles. The third kappa shape index (κ3) is 5.00. The molecule has 0 aliphatic heterocycles. The number of sulfonamides is 1. The Balaban J connectivity index is 3.02. The Labute approximate surface area is 146 Å². The Morgan fingerprint density at radius 3 is 2.32 bits per heavy atom. The van der Waals surface area contributed by atoms with Crippen molar-refractivity contribution >= 4 is 27.9 Å². The molecule has 0 unspecified atom stereocenters. The van der Waals surface area contributed by atoms with Crippen LogP contribution in [0, 0.1) is 6.92 Å². The fourth-order valence-corrected chi connectivity index (χ4v) is 2.67. The summed E-state index contributed by atoms with van der Waals surface area (Å²) in [6.45, 7) is 2.91. The van der Waals surface area contributed by atoms with Crippen molar-refractivity contribution in [1.29, 1.82) is 0 Å². The van der Waals surface area contributed by atoms with Crippen LogP contribution in [0.1, 0.15) is 22.8 Å². The second-order valence-electron chi connectivity index (χ2n) is 5.38. The molecule has 9 nitrogen and oxygen atoms in total. The number of rotatable bonds is 5. The van der Waals surface area contributed by atoms with Crippen LogP contribution in [0.15, 0.2) is 23.1 Å². The lowest BCUT2D eigenvalue weighted by atomic mass is 10.1. The normalized spacial score (nSPS) is 12.4. The Bertz CT molecular complexity index is 788. The van der Waals surface area contributed by atoms with Crippen LogP contribution in [-0.2, 0) is 19.6 Å². The largest absolute Gasteiger partial charge is 0.449 e. The van der Waals surface area contributed by atoms with Gasteiger partial charge in [-0.05, 0) is 31.5 Å². The molecular weight excluding hydrogens is 350 g/mol. The van der Waals surface area contributed by atoms with Gasteiger partial charge in [-0.15, -0.1) is 0 Å². The van der Waals surface area contributed by atoms with Crippen LogP contribution in [0.4, 0.5) is 4.79 Å². The molecular formula is C15H21N3O6S. The second kappa shape index (κ2) is 8.08. The van der Waals surface area contributed by atoms with Gasteiger partial charge in [-0.1, -0.05) is 6.07 Å². The average molecular weight is 371 g/mol. The number of benzene rings is 1. The van der Waals surface area contributed by atoms with E-state index in [1.807, 2.05) is 5.32 Å². The Kier molecular flexibility index (Phi) is 6.65. The zero-order valence-corrected chi connectivity index (χ0v) is 15.4. The first-order valence-corrected chi connectivity index (χ1v) is 8.71. The summed E-state index contributed by atoms with van der Waals surface area (Å²) < 4.78 is 30.4. The highest BCUT2D eigenvalue weighted by molar-refractivity contribution is 7.89. The molecule has 138 valence electrons. The topological polar surface area (TPSA) is 122 Å². The van der Waals surface area contributed by atoms with Crippen molar-refractivity contribution < 1.29 is 27.5 Å². The van der Waals surface area contributed by atoms with Gasteiger partial charge in [0, 0.05) is 21.1 Å². The first-order valence-electron chi connectivity index (χ1n) is 7.27. The van der Waals surface area contributed by atoms with Gasteiger partial charge < -0.3 is 10.1 Å². The Hall–Kier alpha value is -2.46. The maximum Gasteiger partial charge on any atom is 0.339 e. The summed E-state index contributed by atoms with van der Waals surface area (Å²) in [6.07, 6.45) is -1.24. The molecule has 1 atom stereocenters. The number of imide groups is 1. The quantitative estimate of drug-likeness (QED) is 0.715. The van der Waals surface area contributed by atoms with E-state index in [4.69, 9.17) is 4.74 Å². The highest BCUT2D eigenvalue weighted by Crippen LogP contribution is 2.19. The summed E-state index contributed by atoms with van der Waals surface area (Å²) in [5, 5.41) is 4.18. The molecule has 1 aromatic rings. The van der Waals surface area contributed by atoms with Crippen LogP contribution in [0.2, 0.25) is 0 Å². The minimum Gasteiger partial charge on any atom is -0.449 e. The van der Waals surface area contributed by atoms with E-state index in [0.29, 0.717) is 5.56 Å². The van der Waals surface area contributed by atoms with Crippen molar-refractivity contribution in [2.24, 2.45) is 0 Å². The molecule has 0 aliphatic carbocycles. The minimum absolute atomic E-state index is 0.0162. The highest BCUT2D eigenvalue weighted by Gasteiger charge is 2.24. The molecule has 25 heavy (non-hydrogen) atoms. The monoisotopic (exact) mass is 371 g/mol. The molecule has 0 bridgehead atoms. The van der Waals surface area contributed by atoms with Gasteiger partial charge in [-0.3, -0.25) is 10.1 Å². The zero-order valence-electron chi connectivity index (χ0n) is 14.6. The van der Waals surface area contributed by atoms with E-state index in [1.54, 1.807) is 6.92 Å². The van der Waals surface area contributed by atoms with Gasteiger partial charge in [0.15, 0.2) is 6.10 Å². The number of hydrogen-bond donors (Lipinski definition) is 2. The van der Waals surface area contributed by atoms with Gasteiger partial charge in [0.1, 0.15) is 0 Å². The van der Waals surface area contributed by atoms with E-state index in [2.05, 4.69) is 5.32 Å². The van der Waals surface area contributed by atoms with Crippen LogP contribution < -0.4 is 10.6 Å². The molecule has 0 radical (unpaired) electrons. The van der Waals surface area contributed by atoms with Gasteiger partial charge in [0.25, 0.3) is 5.91 Å².